The first-order valence-electron chi connectivity index (χ1n) is 46.2. The maximum absolute atomic E-state index is 9.23. The van der Waals surface area contributed by atoms with Gasteiger partial charge in [-0.05, 0) is 299 Å². The standard InChI is InChI=1S/C53H35NO.C41H26N2O.C35H22N2O/c1-4-16-39(17-5-1)53(40-18-6-2-7-19-40)48-24-11-10-22-44(48)45-33-31-43(35-49(45)53)54(41-20-8-3-9-21-41)42-29-26-36(27-30-42)38-28-32-46-47-23-12-14-37-15-13-25-50(52(37)47)55-51(46)34-38;42-27-28-12-14-29(15-13-28)30-16-21-35(22-17-30)43(34-8-2-1-3-9-34)36-23-18-31(19-24-36)33-20-25-37-38-10-4-6-32-7-5-11-39(41(32)38)44-40(37)26-33;36-23-24-12-17-29(18-13-24)37(28-8-2-1-3-9-28)30-19-14-25(15-20-30)27-16-21-31-32-10-4-6-26-7-5-11-33(35(26)32)38-34(31)22-27/h1-35H;1-26H;1-22H. The number of nitriles is 2. The summed E-state index contributed by atoms with van der Waals surface area (Å²) in [7, 11) is 0. The molecule has 8 heteroatoms. The van der Waals surface area contributed by atoms with E-state index in [2.05, 4.69) is 433 Å². The Morgan fingerprint density at radius 2 is 0.423 bits per heavy atom. The number of hydrogen-bond donors (Lipinski definition) is 0. The Balaban J connectivity index is 0.000000114. The minimum atomic E-state index is -0.475. The molecule has 642 valence electrons. The van der Waals surface area contributed by atoms with E-state index in [0.29, 0.717) is 11.1 Å². The van der Waals surface area contributed by atoms with Crippen LogP contribution in [0.3, 0.4) is 0 Å². The van der Waals surface area contributed by atoms with Crippen LogP contribution in [0.5, 0.6) is 34.5 Å². The molecule has 3 aliphatic heterocycles. The van der Waals surface area contributed by atoms with Crippen LogP contribution < -0.4 is 28.9 Å². The van der Waals surface area contributed by atoms with Crippen molar-refractivity contribution >= 4 is 83.5 Å². The molecule has 26 rings (SSSR count). The Hall–Kier alpha value is -18.6. The highest BCUT2D eigenvalue weighted by Crippen LogP contribution is 2.59. The maximum atomic E-state index is 9.23. The van der Waals surface area contributed by atoms with Crippen LogP contribution in [0.4, 0.5) is 51.2 Å². The summed E-state index contributed by atoms with van der Waals surface area (Å²) in [6.45, 7) is 0. The van der Waals surface area contributed by atoms with Gasteiger partial charge in [0.25, 0.3) is 0 Å². The Bertz CT molecular complexity index is 8400. The molecular formula is C129H83N5O3. The van der Waals surface area contributed by atoms with Gasteiger partial charge in [-0.2, -0.15) is 10.5 Å². The molecule has 0 bridgehead atoms. The highest BCUT2D eigenvalue weighted by Gasteiger charge is 2.46. The van der Waals surface area contributed by atoms with Gasteiger partial charge in [0.15, 0.2) is 0 Å². The topological polar surface area (TPSA) is 85.0 Å². The predicted molar refractivity (Wildman–Crippen MR) is 561 cm³/mol. The number of para-hydroxylation sites is 3. The lowest BCUT2D eigenvalue weighted by Gasteiger charge is -2.35. The van der Waals surface area contributed by atoms with E-state index in [1.165, 1.54) is 82.4 Å². The molecule has 0 spiro atoms. The minimum absolute atomic E-state index is 0.475. The summed E-state index contributed by atoms with van der Waals surface area (Å²) in [6.07, 6.45) is 0. The van der Waals surface area contributed by atoms with Crippen molar-refractivity contribution in [3.8, 4) is 136 Å². The third-order valence-corrected chi connectivity index (χ3v) is 26.9. The molecule has 0 atom stereocenters. The van der Waals surface area contributed by atoms with Crippen molar-refractivity contribution in [1.29, 1.82) is 10.5 Å². The van der Waals surface area contributed by atoms with E-state index in [1.807, 2.05) is 97.1 Å². The summed E-state index contributed by atoms with van der Waals surface area (Å²) in [5, 5.41) is 25.5. The number of anilines is 9. The zero-order chi connectivity index (χ0) is 91.3. The second-order valence-corrected chi connectivity index (χ2v) is 34.7. The van der Waals surface area contributed by atoms with Crippen LogP contribution in [0, 0.1) is 22.7 Å². The van der Waals surface area contributed by atoms with Gasteiger partial charge < -0.3 is 28.9 Å². The smallest absolute Gasteiger partial charge is 0.135 e. The van der Waals surface area contributed by atoms with E-state index in [-0.39, 0.29) is 0 Å². The first-order valence-corrected chi connectivity index (χ1v) is 46.2. The molecule has 22 aromatic carbocycles. The van der Waals surface area contributed by atoms with Crippen LogP contribution in [0.15, 0.2) is 504 Å². The molecule has 137 heavy (non-hydrogen) atoms. The maximum Gasteiger partial charge on any atom is 0.135 e. The van der Waals surface area contributed by atoms with E-state index >= 15 is 0 Å². The van der Waals surface area contributed by atoms with Gasteiger partial charge in [0.2, 0.25) is 0 Å². The molecule has 1 aliphatic carbocycles. The summed E-state index contributed by atoms with van der Waals surface area (Å²) in [6, 6.07) is 181. The Morgan fingerprint density at radius 1 is 0.175 bits per heavy atom. The van der Waals surface area contributed by atoms with Gasteiger partial charge in [0, 0.05) is 84.0 Å². The largest absolute Gasteiger partial charge is 0.456 e. The predicted octanol–water partition coefficient (Wildman–Crippen LogP) is 35.0. The Morgan fingerprint density at radius 3 is 0.774 bits per heavy atom. The molecule has 0 aromatic heterocycles. The van der Waals surface area contributed by atoms with Crippen molar-refractivity contribution in [2.75, 3.05) is 14.7 Å². The Kier molecular flexibility index (Phi) is 20.8. The molecule has 8 nitrogen and oxygen atoms in total. The Labute approximate surface area is 795 Å². The molecule has 0 fully saturated rings. The third kappa shape index (κ3) is 14.9. The zero-order valence-corrected chi connectivity index (χ0v) is 74.4. The zero-order valence-electron chi connectivity index (χ0n) is 74.4. The lowest BCUT2D eigenvalue weighted by atomic mass is 9.67. The number of nitrogens with zero attached hydrogens (tertiary/aromatic N) is 5. The average Bonchev–Trinajstić information content (AvgIpc) is 1.53. The lowest BCUT2D eigenvalue weighted by Crippen LogP contribution is -2.28. The number of fused-ring (bicyclic) bond motifs is 9. The SMILES string of the molecule is N#Cc1ccc(-c2ccc(N(c3ccccc3)c3ccc(-c4ccc5c(c4)Oc4cccc6cccc-5c46)cc3)cc2)cc1.N#Cc1ccc(N(c2ccccc2)c2ccc(-c3ccc4c(c3)Oc3cccc5cccc-4c35)cc2)cc1.c1ccc(N(c2ccc(-c3ccc4c(c3)Oc3cccc5cccc-4c35)cc2)c2ccc3c(c2)C(c2ccccc2)(c2ccccc2)c2ccccc2-3)cc1. The van der Waals surface area contributed by atoms with Crippen molar-refractivity contribution in [2.45, 2.75) is 5.41 Å². The normalized spacial score (nSPS) is 12.0. The minimum Gasteiger partial charge on any atom is -0.456 e. The van der Waals surface area contributed by atoms with Gasteiger partial charge in [0.05, 0.1) is 28.7 Å². The van der Waals surface area contributed by atoms with E-state index in [0.717, 1.165) is 147 Å². The van der Waals surface area contributed by atoms with Crippen molar-refractivity contribution in [2.24, 2.45) is 0 Å². The molecule has 0 saturated carbocycles. The summed E-state index contributed by atoms with van der Waals surface area (Å²) in [4.78, 5) is 6.83. The molecule has 0 unspecified atom stereocenters. The fourth-order valence-corrected chi connectivity index (χ4v) is 20.5. The first-order chi connectivity index (χ1) is 67.8. The number of hydrogen-bond acceptors (Lipinski definition) is 8. The van der Waals surface area contributed by atoms with E-state index < -0.39 is 5.41 Å². The molecule has 4 aliphatic rings. The molecule has 0 radical (unpaired) electrons. The molecule has 0 saturated heterocycles. The molecule has 22 aromatic rings. The van der Waals surface area contributed by atoms with Gasteiger partial charge >= 0.3 is 0 Å². The van der Waals surface area contributed by atoms with E-state index in [9.17, 15) is 5.26 Å². The molecule has 0 N–H and O–H groups in total. The van der Waals surface area contributed by atoms with E-state index in [1.54, 1.807) is 0 Å². The van der Waals surface area contributed by atoms with Crippen LogP contribution in [-0.4, -0.2) is 0 Å². The van der Waals surface area contributed by atoms with Crippen molar-refractivity contribution in [3.05, 3.63) is 537 Å². The monoisotopic (exact) mass is 1750 g/mol. The van der Waals surface area contributed by atoms with Crippen LogP contribution in [0.1, 0.15) is 33.4 Å². The van der Waals surface area contributed by atoms with Crippen molar-refractivity contribution < 1.29 is 14.2 Å². The van der Waals surface area contributed by atoms with Crippen molar-refractivity contribution in [3.63, 3.8) is 0 Å². The van der Waals surface area contributed by atoms with Gasteiger partial charge in [-0.15, -0.1) is 0 Å². The van der Waals surface area contributed by atoms with Crippen LogP contribution in [0.2, 0.25) is 0 Å². The third-order valence-electron chi connectivity index (χ3n) is 26.9. The summed E-state index contributed by atoms with van der Waals surface area (Å²) < 4.78 is 19.3. The summed E-state index contributed by atoms with van der Waals surface area (Å²) >= 11 is 0. The second kappa shape index (κ2) is 34.9. The van der Waals surface area contributed by atoms with Crippen molar-refractivity contribution in [1.82, 2.24) is 0 Å². The fraction of sp³-hybridized carbons (Fsp3) is 0.00775. The quantitative estimate of drug-likeness (QED) is 0.100. The van der Waals surface area contributed by atoms with Gasteiger partial charge in [-0.1, -0.05) is 315 Å². The average molecular weight is 1750 g/mol. The number of ether oxygens (including phenoxy) is 3. The fourth-order valence-electron chi connectivity index (χ4n) is 20.5. The van der Waals surface area contributed by atoms with Crippen LogP contribution in [0.25, 0.3) is 121 Å². The second-order valence-electron chi connectivity index (χ2n) is 34.7. The summed E-state index contributed by atoms with van der Waals surface area (Å²) in [5.74, 6) is 5.36. The molecular weight excluding hydrogens is 1670 g/mol. The van der Waals surface area contributed by atoms with Crippen LogP contribution in [-0.2, 0) is 5.41 Å². The number of rotatable bonds is 15. The highest BCUT2D eigenvalue weighted by atomic mass is 16.5. The van der Waals surface area contributed by atoms with E-state index in [4.69, 9.17) is 19.5 Å². The highest BCUT2D eigenvalue weighted by molar-refractivity contribution is 6.08. The van der Waals surface area contributed by atoms with Crippen LogP contribution >= 0.6 is 0 Å². The number of benzene rings is 22. The summed E-state index contributed by atoms with van der Waals surface area (Å²) in [5.41, 5.74) is 34.0. The molecule has 3 heterocycles. The van der Waals surface area contributed by atoms with Gasteiger partial charge in [0.1, 0.15) is 34.5 Å². The molecule has 0 amide bonds. The van der Waals surface area contributed by atoms with Gasteiger partial charge in [-0.25, -0.2) is 0 Å². The lowest BCUT2D eigenvalue weighted by molar-refractivity contribution is 0.487. The first kappa shape index (κ1) is 81.6. The van der Waals surface area contributed by atoms with Gasteiger partial charge in [-0.3, -0.25) is 0 Å².